The van der Waals surface area contributed by atoms with Crippen molar-refractivity contribution in [2.45, 2.75) is 32.4 Å². The van der Waals surface area contributed by atoms with E-state index in [-0.39, 0.29) is 17.7 Å². The maximum Gasteiger partial charge on any atom is 0.227 e. The van der Waals surface area contributed by atoms with Gasteiger partial charge in [-0.25, -0.2) is 0 Å². The van der Waals surface area contributed by atoms with E-state index in [1.54, 1.807) is 12.7 Å². The minimum atomic E-state index is -0.0221. The number of aromatic nitrogens is 3. The average molecular weight is 493 g/mol. The van der Waals surface area contributed by atoms with Crippen LogP contribution < -0.4 is 4.90 Å². The summed E-state index contributed by atoms with van der Waals surface area (Å²) in [6.07, 6.45) is 3.49. The number of amides is 1. The summed E-state index contributed by atoms with van der Waals surface area (Å²) >= 11 is 6.14. The van der Waals surface area contributed by atoms with Crippen LogP contribution in [0.1, 0.15) is 30.9 Å². The van der Waals surface area contributed by atoms with Gasteiger partial charge in [0.05, 0.1) is 12.5 Å². The summed E-state index contributed by atoms with van der Waals surface area (Å²) in [5, 5.41) is 8.57. The predicted octanol–water partition coefficient (Wildman–Crippen LogP) is 3.75. The summed E-state index contributed by atoms with van der Waals surface area (Å²) in [5.41, 5.74) is 3.66. The Balaban J connectivity index is 1.27. The molecule has 0 bridgehead atoms. The van der Waals surface area contributed by atoms with Crippen molar-refractivity contribution < 1.29 is 4.79 Å². The van der Waals surface area contributed by atoms with E-state index in [1.165, 1.54) is 16.8 Å². The van der Waals surface area contributed by atoms with E-state index in [1.807, 2.05) is 16.7 Å². The third kappa shape index (κ3) is 5.21. The van der Waals surface area contributed by atoms with Crippen molar-refractivity contribution in [2.75, 3.05) is 44.2 Å². The average Bonchev–Trinajstić information content (AvgIpc) is 3.55. The van der Waals surface area contributed by atoms with E-state index < -0.39 is 0 Å². The molecule has 3 heterocycles. The standard InChI is InChI=1S/C27H33ClN6O/c1-20(2)34-16-24(21-7-9-23(28)10-8-21)25(17-34)27(35)33-13-11-32(12-14-33)26-6-4-3-5-22(26)15-31-18-29-30-19-31/h3-10,18-20,24-25H,11-17H2,1-2H3/t24-,25+/m0/s1. The van der Waals surface area contributed by atoms with E-state index in [0.717, 1.165) is 50.8 Å². The Hall–Kier alpha value is -2.90. The van der Waals surface area contributed by atoms with Gasteiger partial charge in [-0.1, -0.05) is 41.9 Å². The van der Waals surface area contributed by atoms with Crippen molar-refractivity contribution in [2.24, 2.45) is 5.92 Å². The van der Waals surface area contributed by atoms with Gasteiger partial charge in [0.1, 0.15) is 12.7 Å². The maximum absolute atomic E-state index is 13.8. The molecule has 7 nitrogen and oxygen atoms in total. The number of carbonyl (C=O) groups excluding carboxylic acids is 1. The first-order valence-electron chi connectivity index (χ1n) is 12.4. The first-order valence-corrected chi connectivity index (χ1v) is 12.8. The predicted molar refractivity (Wildman–Crippen MR) is 139 cm³/mol. The molecule has 0 N–H and O–H groups in total. The third-order valence-corrected chi connectivity index (χ3v) is 7.69. The molecule has 2 aliphatic heterocycles. The number of anilines is 1. The zero-order valence-corrected chi connectivity index (χ0v) is 21.2. The summed E-state index contributed by atoms with van der Waals surface area (Å²) in [5.74, 6) is 0.460. The lowest BCUT2D eigenvalue weighted by Crippen LogP contribution is -2.51. The van der Waals surface area contributed by atoms with Crippen LogP contribution in [0.4, 0.5) is 5.69 Å². The van der Waals surface area contributed by atoms with Crippen LogP contribution in [0.3, 0.4) is 0 Å². The monoisotopic (exact) mass is 492 g/mol. The third-order valence-electron chi connectivity index (χ3n) is 7.44. The molecule has 5 rings (SSSR count). The first kappa shape index (κ1) is 23.8. The lowest BCUT2D eigenvalue weighted by Gasteiger charge is -2.38. The van der Waals surface area contributed by atoms with Crippen LogP contribution in [0.15, 0.2) is 61.2 Å². The molecule has 0 saturated carbocycles. The van der Waals surface area contributed by atoms with Gasteiger partial charge in [0.2, 0.25) is 5.91 Å². The van der Waals surface area contributed by atoms with Crippen molar-refractivity contribution in [1.29, 1.82) is 0 Å². The Morgan fingerprint density at radius 3 is 2.34 bits per heavy atom. The summed E-state index contributed by atoms with van der Waals surface area (Å²) in [6, 6.07) is 16.9. The number of benzene rings is 2. The molecule has 2 aliphatic rings. The summed E-state index contributed by atoms with van der Waals surface area (Å²) < 4.78 is 1.98. The Morgan fingerprint density at radius 2 is 1.66 bits per heavy atom. The molecule has 3 aromatic rings. The Morgan fingerprint density at radius 1 is 0.971 bits per heavy atom. The molecular weight excluding hydrogens is 460 g/mol. The number of halogens is 1. The molecule has 2 aromatic carbocycles. The molecule has 0 unspecified atom stereocenters. The molecule has 0 spiro atoms. The minimum Gasteiger partial charge on any atom is -0.368 e. The lowest BCUT2D eigenvalue weighted by atomic mass is 9.88. The molecule has 2 atom stereocenters. The molecule has 8 heteroatoms. The minimum absolute atomic E-state index is 0.0221. The number of rotatable bonds is 6. The molecular formula is C27H33ClN6O. The molecule has 0 radical (unpaired) electrons. The second kappa shape index (κ2) is 10.4. The van der Waals surface area contributed by atoms with Crippen molar-refractivity contribution in [3.05, 3.63) is 77.3 Å². The van der Waals surface area contributed by atoms with Gasteiger partial charge >= 0.3 is 0 Å². The van der Waals surface area contributed by atoms with Gasteiger partial charge in [0.15, 0.2) is 0 Å². The normalized spacial score (nSPS) is 21.1. The number of hydrogen-bond donors (Lipinski definition) is 0. The van der Waals surface area contributed by atoms with Crippen LogP contribution in [0.2, 0.25) is 5.02 Å². The molecule has 2 fully saturated rings. The van der Waals surface area contributed by atoms with Gasteiger partial charge < -0.3 is 14.4 Å². The summed E-state index contributed by atoms with van der Waals surface area (Å²) in [4.78, 5) is 20.7. The van der Waals surface area contributed by atoms with Gasteiger partial charge in [-0.05, 0) is 43.2 Å². The fourth-order valence-corrected chi connectivity index (χ4v) is 5.54. The largest absolute Gasteiger partial charge is 0.368 e. The number of hydrogen-bond acceptors (Lipinski definition) is 5. The highest BCUT2D eigenvalue weighted by Gasteiger charge is 2.41. The maximum atomic E-state index is 13.8. The van der Waals surface area contributed by atoms with Crippen LogP contribution >= 0.6 is 11.6 Å². The smallest absolute Gasteiger partial charge is 0.227 e. The highest BCUT2D eigenvalue weighted by atomic mass is 35.5. The van der Waals surface area contributed by atoms with Crippen molar-refractivity contribution in [1.82, 2.24) is 24.6 Å². The Labute approximate surface area is 212 Å². The molecule has 1 aromatic heterocycles. The SMILES string of the molecule is CC(C)N1C[C@@H](C(=O)N2CCN(c3ccccc3Cn3cnnc3)CC2)[C@H](c2ccc(Cl)cc2)C1. The fraction of sp³-hybridized carbons (Fsp3) is 0.444. The second-order valence-electron chi connectivity index (χ2n) is 9.89. The van der Waals surface area contributed by atoms with Crippen LogP contribution in [0.5, 0.6) is 0 Å². The van der Waals surface area contributed by atoms with Crippen molar-refractivity contribution in [3.8, 4) is 0 Å². The van der Waals surface area contributed by atoms with E-state index in [4.69, 9.17) is 11.6 Å². The van der Waals surface area contributed by atoms with Gasteiger partial charge in [-0.2, -0.15) is 0 Å². The zero-order valence-electron chi connectivity index (χ0n) is 20.4. The second-order valence-corrected chi connectivity index (χ2v) is 10.3. The molecule has 1 amide bonds. The molecule has 2 saturated heterocycles. The van der Waals surface area contributed by atoms with E-state index >= 15 is 0 Å². The van der Waals surface area contributed by atoms with Gasteiger partial charge in [-0.3, -0.25) is 9.69 Å². The van der Waals surface area contributed by atoms with E-state index in [0.29, 0.717) is 6.04 Å². The van der Waals surface area contributed by atoms with Crippen molar-refractivity contribution in [3.63, 3.8) is 0 Å². The van der Waals surface area contributed by atoms with Crippen LogP contribution in [0.25, 0.3) is 0 Å². The first-order chi connectivity index (χ1) is 17.0. The molecule has 0 aliphatic carbocycles. The molecule has 35 heavy (non-hydrogen) atoms. The topological polar surface area (TPSA) is 57.5 Å². The Kier molecular flexibility index (Phi) is 7.07. The summed E-state index contributed by atoms with van der Waals surface area (Å²) in [6.45, 7) is 10.0. The summed E-state index contributed by atoms with van der Waals surface area (Å²) in [7, 11) is 0. The highest BCUT2D eigenvalue weighted by molar-refractivity contribution is 6.30. The highest BCUT2D eigenvalue weighted by Crippen LogP contribution is 2.36. The van der Waals surface area contributed by atoms with Crippen LogP contribution in [0, 0.1) is 5.92 Å². The van der Waals surface area contributed by atoms with Gasteiger partial charge in [0.25, 0.3) is 0 Å². The Bertz CT molecular complexity index is 1120. The van der Waals surface area contributed by atoms with E-state index in [9.17, 15) is 4.79 Å². The number of para-hydroxylation sites is 1. The van der Waals surface area contributed by atoms with Crippen molar-refractivity contribution >= 4 is 23.2 Å². The van der Waals surface area contributed by atoms with Crippen LogP contribution in [-0.2, 0) is 11.3 Å². The van der Waals surface area contributed by atoms with E-state index in [2.05, 4.69) is 75.1 Å². The number of piperazine rings is 1. The number of carbonyl (C=O) groups is 1. The molecule has 184 valence electrons. The zero-order chi connectivity index (χ0) is 24.4. The fourth-order valence-electron chi connectivity index (χ4n) is 5.41. The lowest BCUT2D eigenvalue weighted by molar-refractivity contribution is -0.135. The number of likely N-dealkylation sites (tertiary alicyclic amines) is 1. The van der Waals surface area contributed by atoms with Crippen LogP contribution in [-0.4, -0.2) is 75.8 Å². The van der Waals surface area contributed by atoms with Gasteiger partial charge in [0, 0.05) is 61.9 Å². The quantitative estimate of drug-likeness (QED) is 0.524. The number of nitrogens with zero attached hydrogens (tertiary/aromatic N) is 6. The van der Waals surface area contributed by atoms with Gasteiger partial charge in [-0.15, -0.1) is 10.2 Å².